The highest BCUT2D eigenvalue weighted by atomic mass is 15.3. The molecule has 27 heavy (non-hydrogen) atoms. The fourth-order valence-corrected chi connectivity index (χ4v) is 3.79. The number of benzene rings is 1. The van der Waals surface area contributed by atoms with E-state index in [1.807, 2.05) is 34.9 Å². The van der Waals surface area contributed by atoms with E-state index >= 15 is 0 Å². The zero-order valence-corrected chi connectivity index (χ0v) is 15.3. The predicted molar refractivity (Wildman–Crippen MR) is 108 cm³/mol. The Hall–Kier alpha value is -2.99. The number of pyridine rings is 2. The van der Waals surface area contributed by atoms with Crippen molar-refractivity contribution in [1.29, 1.82) is 0 Å². The molecule has 0 aliphatic carbocycles. The summed E-state index contributed by atoms with van der Waals surface area (Å²) in [5.41, 5.74) is 10.1. The van der Waals surface area contributed by atoms with Crippen molar-refractivity contribution < 1.29 is 0 Å². The molecule has 5 rings (SSSR count). The van der Waals surface area contributed by atoms with Crippen molar-refractivity contribution in [2.75, 3.05) is 18.0 Å². The molecule has 0 bridgehead atoms. The van der Waals surface area contributed by atoms with Crippen LogP contribution in [0, 0.1) is 0 Å². The van der Waals surface area contributed by atoms with Crippen LogP contribution in [0.25, 0.3) is 28.1 Å². The maximum Gasteiger partial charge on any atom is 0.187 e. The monoisotopic (exact) mass is 358 g/mol. The molecule has 2 N–H and O–H groups in total. The molecule has 6 heteroatoms. The van der Waals surface area contributed by atoms with Crippen molar-refractivity contribution in [3.63, 3.8) is 0 Å². The van der Waals surface area contributed by atoms with Crippen molar-refractivity contribution >= 4 is 22.2 Å². The number of aromatic nitrogens is 4. The lowest BCUT2D eigenvalue weighted by atomic mass is 9.90. The topological polar surface area (TPSA) is 72.3 Å². The lowest BCUT2D eigenvalue weighted by Crippen LogP contribution is -2.48. The van der Waals surface area contributed by atoms with Crippen molar-refractivity contribution in [1.82, 2.24) is 19.6 Å². The summed E-state index contributed by atoms with van der Waals surface area (Å²) in [5.74, 6) is 0.760. The van der Waals surface area contributed by atoms with Gasteiger partial charge < -0.3 is 10.6 Å². The van der Waals surface area contributed by atoms with Gasteiger partial charge in [-0.3, -0.25) is 4.40 Å². The first-order valence-electron chi connectivity index (χ1n) is 9.35. The first kappa shape index (κ1) is 16.2. The van der Waals surface area contributed by atoms with E-state index in [2.05, 4.69) is 46.3 Å². The van der Waals surface area contributed by atoms with Crippen LogP contribution >= 0.6 is 0 Å². The Bertz CT molecular complexity index is 1120. The molecule has 1 aliphatic rings. The largest absolute Gasteiger partial charge is 0.370 e. The lowest BCUT2D eigenvalue weighted by Gasteiger charge is -2.38. The lowest BCUT2D eigenvalue weighted by molar-refractivity contribution is 0.364. The summed E-state index contributed by atoms with van der Waals surface area (Å²) in [5, 5.41) is 9.74. The van der Waals surface area contributed by atoms with Crippen LogP contribution in [0.3, 0.4) is 0 Å². The van der Waals surface area contributed by atoms with E-state index in [1.54, 1.807) is 0 Å². The summed E-state index contributed by atoms with van der Waals surface area (Å²) in [6.07, 6.45) is 3.94. The summed E-state index contributed by atoms with van der Waals surface area (Å²) in [7, 11) is 0. The summed E-state index contributed by atoms with van der Waals surface area (Å²) >= 11 is 0. The normalized spacial score (nSPS) is 16.9. The van der Waals surface area contributed by atoms with E-state index in [0.29, 0.717) is 0 Å². The molecule has 1 saturated heterocycles. The number of hydrogen-bond acceptors (Lipinski definition) is 5. The first-order chi connectivity index (χ1) is 13.1. The molecule has 0 unspecified atom stereocenters. The maximum atomic E-state index is 6.31. The fraction of sp³-hybridized carbons (Fsp3) is 0.286. The van der Waals surface area contributed by atoms with Crippen LogP contribution in [0.1, 0.15) is 19.8 Å². The van der Waals surface area contributed by atoms with Gasteiger partial charge in [0.25, 0.3) is 0 Å². The Labute approximate surface area is 157 Å². The smallest absolute Gasteiger partial charge is 0.187 e. The molecular weight excluding hydrogens is 336 g/mol. The third-order valence-electron chi connectivity index (χ3n) is 5.49. The number of fused-ring (bicyclic) bond motifs is 2. The van der Waals surface area contributed by atoms with Crippen molar-refractivity contribution in [2.45, 2.75) is 25.3 Å². The Morgan fingerprint density at radius 1 is 0.963 bits per heavy atom. The summed E-state index contributed by atoms with van der Waals surface area (Å²) in [6.45, 7) is 4.04. The van der Waals surface area contributed by atoms with Gasteiger partial charge in [0.05, 0.1) is 11.2 Å². The molecule has 0 saturated carbocycles. The van der Waals surface area contributed by atoms with Crippen LogP contribution in [-0.4, -0.2) is 38.2 Å². The number of anilines is 1. The maximum absolute atomic E-state index is 6.31. The average molecular weight is 358 g/mol. The van der Waals surface area contributed by atoms with Gasteiger partial charge >= 0.3 is 0 Å². The molecule has 3 aromatic heterocycles. The van der Waals surface area contributed by atoms with Gasteiger partial charge in [0.15, 0.2) is 11.5 Å². The number of para-hydroxylation sites is 1. The zero-order chi connectivity index (χ0) is 18.4. The molecule has 0 radical (unpaired) electrons. The standard InChI is InChI=1S/C21H22N6/c1-21(22)10-13-26(14-11-21)17-6-4-5-15-8-9-16(23-19(15)17)20-25-24-18-7-2-3-12-27(18)20/h2-9,12H,10-11,13-14,22H2,1H3. The van der Waals surface area contributed by atoms with Gasteiger partial charge in [0, 0.05) is 30.2 Å². The summed E-state index contributed by atoms with van der Waals surface area (Å²) in [4.78, 5) is 7.38. The molecule has 0 spiro atoms. The number of nitrogens with zero attached hydrogens (tertiary/aromatic N) is 5. The van der Waals surface area contributed by atoms with Gasteiger partial charge in [-0.25, -0.2) is 4.98 Å². The van der Waals surface area contributed by atoms with Crippen LogP contribution in [0.4, 0.5) is 5.69 Å². The molecule has 1 fully saturated rings. The van der Waals surface area contributed by atoms with Crippen LogP contribution in [0.2, 0.25) is 0 Å². The van der Waals surface area contributed by atoms with Gasteiger partial charge in [-0.1, -0.05) is 24.3 Å². The number of rotatable bonds is 2. The first-order valence-corrected chi connectivity index (χ1v) is 9.35. The average Bonchev–Trinajstić information content (AvgIpc) is 3.11. The second kappa shape index (κ2) is 6.03. The van der Waals surface area contributed by atoms with Crippen molar-refractivity contribution in [2.24, 2.45) is 5.73 Å². The number of piperidine rings is 1. The fourth-order valence-electron chi connectivity index (χ4n) is 3.79. The molecule has 136 valence electrons. The van der Waals surface area contributed by atoms with Crippen LogP contribution in [0.5, 0.6) is 0 Å². The second-order valence-corrected chi connectivity index (χ2v) is 7.64. The highest BCUT2D eigenvalue weighted by Gasteiger charge is 2.27. The van der Waals surface area contributed by atoms with Crippen molar-refractivity contribution in [3.8, 4) is 11.5 Å². The molecule has 4 heterocycles. The third-order valence-corrected chi connectivity index (χ3v) is 5.49. The molecule has 1 aliphatic heterocycles. The molecule has 6 nitrogen and oxygen atoms in total. The predicted octanol–water partition coefficient (Wildman–Crippen LogP) is 3.26. The van der Waals surface area contributed by atoms with Gasteiger partial charge in [-0.15, -0.1) is 10.2 Å². The van der Waals surface area contributed by atoms with Gasteiger partial charge in [-0.05, 0) is 44.0 Å². The summed E-state index contributed by atoms with van der Waals surface area (Å²) < 4.78 is 1.97. The molecule has 0 atom stereocenters. The van der Waals surface area contributed by atoms with Gasteiger partial charge in [-0.2, -0.15) is 0 Å². The van der Waals surface area contributed by atoms with Gasteiger partial charge in [0.1, 0.15) is 5.69 Å². The van der Waals surface area contributed by atoms with E-state index < -0.39 is 0 Å². The number of hydrogen-bond donors (Lipinski definition) is 1. The van der Waals surface area contributed by atoms with Crippen LogP contribution in [0.15, 0.2) is 54.7 Å². The second-order valence-electron chi connectivity index (χ2n) is 7.64. The highest BCUT2D eigenvalue weighted by Crippen LogP contribution is 2.31. The Balaban J connectivity index is 1.61. The van der Waals surface area contributed by atoms with Crippen LogP contribution in [-0.2, 0) is 0 Å². The molecule has 0 amide bonds. The molecule has 4 aromatic rings. The minimum absolute atomic E-state index is 0.0693. The zero-order valence-electron chi connectivity index (χ0n) is 15.3. The third kappa shape index (κ3) is 2.82. The van der Waals surface area contributed by atoms with E-state index in [-0.39, 0.29) is 5.54 Å². The van der Waals surface area contributed by atoms with E-state index in [9.17, 15) is 0 Å². The van der Waals surface area contributed by atoms with Gasteiger partial charge in [0.2, 0.25) is 0 Å². The SMILES string of the molecule is CC1(N)CCN(c2cccc3ccc(-c4nnc5ccccn45)nc23)CC1. The van der Waals surface area contributed by atoms with Crippen molar-refractivity contribution in [3.05, 3.63) is 54.7 Å². The van der Waals surface area contributed by atoms with E-state index in [1.165, 1.54) is 5.69 Å². The van der Waals surface area contributed by atoms with E-state index in [4.69, 9.17) is 10.7 Å². The number of nitrogens with two attached hydrogens (primary N) is 1. The quantitative estimate of drug-likeness (QED) is 0.595. The Morgan fingerprint density at radius 3 is 2.67 bits per heavy atom. The van der Waals surface area contributed by atoms with Crippen LogP contribution < -0.4 is 10.6 Å². The summed E-state index contributed by atoms with van der Waals surface area (Å²) in [6, 6.07) is 16.4. The Morgan fingerprint density at radius 2 is 1.81 bits per heavy atom. The minimum atomic E-state index is -0.0693. The Kier molecular flexibility index (Phi) is 3.62. The van der Waals surface area contributed by atoms with E-state index in [0.717, 1.165) is 54.0 Å². The highest BCUT2D eigenvalue weighted by molar-refractivity contribution is 5.92. The molecule has 1 aromatic carbocycles. The minimum Gasteiger partial charge on any atom is -0.370 e. The molecular formula is C21H22N6.